The third-order valence-electron chi connectivity index (χ3n) is 4.08. The van der Waals surface area contributed by atoms with Crippen molar-refractivity contribution in [3.05, 3.63) is 65.2 Å². The molecule has 3 nitrogen and oxygen atoms in total. The Labute approximate surface area is 127 Å². The average molecular weight is 302 g/mol. The minimum absolute atomic E-state index is 0.0777. The fraction of sp³-hybridized carbons (Fsp3) is 0.235. The lowest BCUT2D eigenvalue weighted by molar-refractivity contribution is 0.204. The van der Waals surface area contributed by atoms with Crippen LogP contribution in [0, 0.1) is 11.6 Å². The maximum Gasteiger partial charge on any atom is 0.322 e. The summed E-state index contributed by atoms with van der Waals surface area (Å²) in [6, 6.07) is 10.8. The van der Waals surface area contributed by atoms with Gasteiger partial charge in [-0.1, -0.05) is 30.3 Å². The van der Waals surface area contributed by atoms with Crippen molar-refractivity contribution in [3.8, 4) is 0 Å². The van der Waals surface area contributed by atoms with E-state index < -0.39 is 23.4 Å². The van der Waals surface area contributed by atoms with Crippen molar-refractivity contribution in [1.29, 1.82) is 0 Å². The molecular formula is C17H16F2N2O. The lowest BCUT2D eigenvalue weighted by atomic mass is 10.1. The highest BCUT2D eigenvalue weighted by Gasteiger charge is 2.28. The summed E-state index contributed by atoms with van der Waals surface area (Å²) in [6.07, 6.45) is 1.70. The van der Waals surface area contributed by atoms with Crippen LogP contribution >= 0.6 is 0 Å². The summed E-state index contributed by atoms with van der Waals surface area (Å²) in [7, 11) is 1.64. The van der Waals surface area contributed by atoms with Crippen molar-refractivity contribution in [2.75, 3.05) is 12.4 Å². The number of carbonyl (C=O) groups is 1. The number of nitrogens with zero attached hydrogens (tertiary/aromatic N) is 1. The van der Waals surface area contributed by atoms with Crippen LogP contribution in [-0.4, -0.2) is 18.0 Å². The Hall–Kier alpha value is -2.43. The van der Waals surface area contributed by atoms with Crippen molar-refractivity contribution in [3.63, 3.8) is 0 Å². The van der Waals surface area contributed by atoms with Gasteiger partial charge in [0.1, 0.15) is 17.3 Å². The first-order chi connectivity index (χ1) is 10.6. The summed E-state index contributed by atoms with van der Waals surface area (Å²) in [5.41, 5.74) is 1.89. The van der Waals surface area contributed by atoms with E-state index in [-0.39, 0.29) is 6.04 Å². The molecule has 0 unspecified atom stereocenters. The van der Waals surface area contributed by atoms with Gasteiger partial charge in [0.2, 0.25) is 0 Å². The van der Waals surface area contributed by atoms with Gasteiger partial charge in [0.15, 0.2) is 0 Å². The molecule has 1 atom stereocenters. The molecule has 0 saturated heterocycles. The van der Waals surface area contributed by atoms with E-state index in [4.69, 9.17) is 0 Å². The Morgan fingerprint density at radius 3 is 2.55 bits per heavy atom. The van der Waals surface area contributed by atoms with Crippen LogP contribution in [0.25, 0.3) is 0 Å². The van der Waals surface area contributed by atoms with Crippen LogP contribution in [0.15, 0.2) is 42.5 Å². The Kier molecular flexibility index (Phi) is 3.79. The Morgan fingerprint density at radius 1 is 1.14 bits per heavy atom. The predicted molar refractivity (Wildman–Crippen MR) is 80.6 cm³/mol. The maximum atomic E-state index is 13.6. The first kappa shape index (κ1) is 14.5. The summed E-state index contributed by atoms with van der Waals surface area (Å²) in [4.78, 5) is 13.8. The molecule has 0 radical (unpaired) electrons. The number of anilines is 1. The molecule has 0 spiro atoms. The van der Waals surface area contributed by atoms with Crippen LogP contribution in [0.2, 0.25) is 0 Å². The number of urea groups is 1. The van der Waals surface area contributed by atoms with Gasteiger partial charge in [0, 0.05) is 7.05 Å². The molecule has 2 aromatic rings. The zero-order valence-corrected chi connectivity index (χ0v) is 12.1. The quantitative estimate of drug-likeness (QED) is 0.889. The number of hydrogen-bond donors (Lipinski definition) is 1. The van der Waals surface area contributed by atoms with Crippen molar-refractivity contribution in [2.45, 2.75) is 18.9 Å². The Bertz CT molecular complexity index is 697. The summed E-state index contributed by atoms with van der Waals surface area (Å²) >= 11 is 0. The van der Waals surface area contributed by atoms with Crippen LogP contribution in [0.4, 0.5) is 19.3 Å². The number of benzene rings is 2. The van der Waals surface area contributed by atoms with Gasteiger partial charge in [0.05, 0.1) is 6.04 Å². The number of para-hydroxylation sites is 1. The minimum atomic E-state index is -0.784. The first-order valence-electron chi connectivity index (χ1n) is 7.13. The second kappa shape index (κ2) is 5.75. The molecule has 0 heterocycles. The normalized spacial score (nSPS) is 16.2. The molecule has 0 saturated carbocycles. The number of rotatable bonds is 2. The molecule has 0 aliphatic heterocycles. The second-order valence-electron chi connectivity index (χ2n) is 5.39. The highest BCUT2D eigenvalue weighted by atomic mass is 19.1. The summed E-state index contributed by atoms with van der Waals surface area (Å²) in [6.45, 7) is 0. The fourth-order valence-electron chi connectivity index (χ4n) is 2.89. The van der Waals surface area contributed by atoms with E-state index in [9.17, 15) is 13.6 Å². The van der Waals surface area contributed by atoms with Crippen LogP contribution in [0.5, 0.6) is 0 Å². The molecule has 3 rings (SSSR count). The number of hydrogen-bond acceptors (Lipinski definition) is 1. The fourth-order valence-corrected chi connectivity index (χ4v) is 2.89. The lowest BCUT2D eigenvalue weighted by Crippen LogP contribution is -2.34. The van der Waals surface area contributed by atoms with Crippen LogP contribution in [0.1, 0.15) is 23.6 Å². The summed E-state index contributed by atoms with van der Waals surface area (Å²) in [5, 5.41) is 2.32. The number of nitrogens with one attached hydrogen (secondary N) is 1. The monoisotopic (exact) mass is 302 g/mol. The average Bonchev–Trinajstić information content (AvgIpc) is 2.94. The largest absolute Gasteiger partial charge is 0.322 e. The summed E-state index contributed by atoms with van der Waals surface area (Å²) in [5.74, 6) is -1.57. The molecule has 114 valence electrons. The highest BCUT2D eigenvalue weighted by Crippen LogP contribution is 2.35. The first-order valence-corrected chi connectivity index (χ1v) is 7.13. The molecule has 1 N–H and O–H groups in total. The number of aryl methyl sites for hydroxylation is 1. The van der Waals surface area contributed by atoms with Crippen molar-refractivity contribution in [2.24, 2.45) is 0 Å². The van der Waals surface area contributed by atoms with E-state index in [0.717, 1.165) is 30.5 Å². The van der Waals surface area contributed by atoms with Crippen LogP contribution in [0.3, 0.4) is 0 Å². The van der Waals surface area contributed by atoms with E-state index in [1.807, 2.05) is 24.3 Å². The summed E-state index contributed by atoms with van der Waals surface area (Å²) < 4.78 is 27.2. The van der Waals surface area contributed by atoms with Gasteiger partial charge in [0.25, 0.3) is 0 Å². The molecule has 2 amide bonds. The highest BCUT2D eigenvalue weighted by molar-refractivity contribution is 5.89. The SMILES string of the molecule is CN(C(=O)Nc1c(F)cccc1F)[C@@H]1CCc2ccccc21. The lowest BCUT2D eigenvalue weighted by Gasteiger charge is -2.26. The van der Waals surface area contributed by atoms with Gasteiger partial charge >= 0.3 is 6.03 Å². The molecule has 2 aromatic carbocycles. The zero-order valence-electron chi connectivity index (χ0n) is 12.1. The smallest absolute Gasteiger partial charge is 0.321 e. The minimum Gasteiger partial charge on any atom is -0.321 e. The van der Waals surface area contributed by atoms with Gasteiger partial charge in [-0.3, -0.25) is 0 Å². The molecule has 1 aliphatic rings. The van der Waals surface area contributed by atoms with Crippen molar-refractivity contribution < 1.29 is 13.6 Å². The Morgan fingerprint density at radius 2 is 1.82 bits per heavy atom. The standard InChI is InChI=1S/C17H16F2N2O/c1-21(15-10-9-11-5-2-3-6-12(11)15)17(22)20-16-13(18)7-4-8-14(16)19/h2-8,15H,9-10H2,1H3,(H,20,22)/t15-/m1/s1. The number of amides is 2. The van der Waals surface area contributed by atoms with Gasteiger partial charge in [-0.2, -0.15) is 0 Å². The van der Waals surface area contributed by atoms with Gasteiger partial charge in [-0.15, -0.1) is 0 Å². The van der Waals surface area contributed by atoms with E-state index >= 15 is 0 Å². The van der Waals surface area contributed by atoms with E-state index in [1.165, 1.54) is 16.5 Å². The van der Waals surface area contributed by atoms with Gasteiger partial charge < -0.3 is 10.2 Å². The van der Waals surface area contributed by atoms with Crippen LogP contribution < -0.4 is 5.32 Å². The van der Waals surface area contributed by atoms with Crippen LogP contribution in [-0.2, 0) is 6.42 Å². The van der Waals surface area contributed by atoms with E-state index in [2.05, 4.69) is 5.32 Å². The molecule has 5 heteroatoms. The molecule has 0 fully saturated rings. The zero-order chi connectivity index (χ0) is 15.7. The molecule has 0 aromatic heterocycles. The van der Waals surface area contributed by atoms with Crippen molar-refractivity contribution >= 4 is 11.7 Å². The maximum absolute atomic E-state index is 13.6. The molecule has 1 aliphatic carbocycles. The predicted octanol–water partition coefficient (Wildman–Crippen LogP) is 4.12. The number of fused-ring (bicyclic) bond motifs is 1. The molecule has 22 heavy (non-hydrogen) atoms. The molecule has 0 bridgehead atoms. The second-order valence-corrected chi connectivity index (χ2v) is 5.39. The molecular weight excluding hydrogens is 286 g/mol. The number of halogens is 2. The van der Waals surface area contributed by atoms with Gasteiger partial charge in [-0.05, 0) is 36.1 Å². The topological polar surface area (TPSA) is 32.3 Å². The van der Waals surface area contributed by atoms with Crippen molar-refractivity contribution in [1.82, 2.24) is 4.90 Å². The van der Waals surface area contributed by atoms with Gasteiger partial charge in [-0.25, -0.2) is 13.6 Å². The third kappa shape index (κ3) is 2.54. The number of carbonyl (C=O) groups excluding carboxylic acids is 1. The van der Waals surface area contributed by atoms with E-state index in [0.29, 0.717) is 0 Å². The third-order valence-corrected chi connectivity index (χ3v) is 4.08. The van der Waals surface area contributed by atoms with E-state index in [1.54, 1.807) is 7.05 Å². The Balaban J connectivity index is 1.79.